The zero-order valence-electron chi connectivity index (χ0n) is 12.4. The number of nitrogens with one attached hydrogen (secondary N) is 1. The third kappa shape index (κ3) is 4.19. The summed E-state index contributed by atoms with van der Waals surface area (Å²) in [7, 11) is 4.00. The highest BCUT2D eigenvalue weighted by molar-refractivity contribution is 7.15. The maximum atomic E-state index is 10.6. The topological polar surface area (TPSA) is 65.5 Å². The average Bonchev–Trinajstić information content (AvgIpc) is 2.77. The van der Waals surface area contributed by atoms with Gasteiger partial charge in [0.2, 0.25) is 0 Å². The predicted molar refractivity (Wildman–Crippen MR) is 86.9 cm³/mol. The first-order chi connectivity index (χ1) is 9.95. The van der Waals surface area contributed by atoms with Gasteiger partial charge < -0.3 is 15.3 Å². The second kappa shape index (κ2) is 6.58. The van der Waals surface area contributed by atoms with Crippen LogP contribution in [0.25, 0.3) is 0 Å². The van der Waals surface area contributed by atoms with Crippen molar-refractivity contribution < 1.29 is 9.90 Å². The van der Waals surface area contributed by atoms with Crippen LogP contribution in [0.1, 0.15) is 17.0 Å². The lowest BCUT2D eigenvalue weighted by Gasteiger charge is -2.12. The number of carboxylic acid groups (broad SMARTS) is 1. The van der Waals surface area contributed by atoms with Crippen LogP contribution in [0.15, 0.2) is 24.3 Å². The molecule has 0 aliphatic carbocycles. The summed E-state index contributed by atoms with van der Waals surface area (Å²) in [4.78, 5) is 18.1. The van der Waals surface area contributed by atoms with Crippen molar-refractivity contribution in [1.82, 2.24) is 4.98 Å². The summed E-state index contributed by atoms with van der Waals surface area (Å²) in [5, 5.41) is 12.8. The molecular weight excluding hydrogens is 286 g/mol. The lowest BCUT2D eigenvalue weighted by molar-refractivity contribution is -0.136. The molecule has 2 N–H and O–H groups in total. The summed E-state index contributed by atoms with van der Waals surface area (Å²) in [5.41, 5.74) is 3.01. The Balaban J connectivity index is 2.05. The number of carbonyl (C=O) groups is 1. The number of rotatable bonds is 6. The zero-order chi connectivity index (χ0) is 15.4. The molecule has 2 rings (SSSR count). The molecule has 0 fully saturated rings. The largest absolute Gasteiger partial charge is 0.481 e. The molecule has 0 saturated carbocycles. The number of nitrogens with zero attached hydrogens (tertiary/aromatic N) is 2. The molecule has 21 heavy (non-hydrogen) atoms. The van der Waals surface area contributed by atoms with Crippen LogP contribution in [0.5, 0.6) is 0 Å². The molecule has 112 valence electrons. The second-order valence-electron chi connectivity index (χ2n) is 4.99. The normalized spacial score (nSPS) is 10.4. The van der Waals surface area contributed by atoms with Gasteiger partial charge in [-0.05, 0) is 37.6 Å². The SMILES string of the molecule is Cc1nc(Nc2ccc(N(C)C)cc2)sc1CCC(=O)O. The summed E-state index contributed by atoms with van der Waals surface area (Å²) < 4.78 is 0. The lowest BCUT2D eigenvalue weighted by Crippen LogP contribution is -2.08. The first-order valence-corrected chi connectivity index (χ1v) is 7.50. The standard InChI is InChI=1S/C15H19N3O2S/c1-10-13(8-9-14(19)20)21-15(16-10)17-11-4-6-12(7-5-11)18(2)3/h4-7H,8-9H2,1-3H3,(H,16,17)(H,19,20). The van der Waals surface area contributed by atoms with E-state index in [4.69, 9.17) is 5.11 Å². The number of aliphatic carboxylic acids is 1. The number of benzene rings is 1. The molecular formula is C15H19N3O2S. The van der Waals surface area contributed by atoms with Crippen LogP contribution in [0, 0.1) is 6.92 Å². The van der Waals surface area contributed by atoms with Gasteiger partial charge in [-0.15, -0.1) is 11.3 Å². The highest BCUT2D eigenvalue weighted by Gasteiger charge is 2.09. The fraction of sp³-hybridized carbons (Fsp3) is 0.333. The lowest BCUT2D eigenvalue weighted by atomic mass is 10.2. The Kier molecular flexibility index (Phi) is 4.80. The molecule has 0 amide bonds. The smallest absolute Gasteiger partial charge is 0.303 e. The van der Waals surface area contributed by atoms with Crippen molar-refractivity contribution in [2.45, 2.75) is 19.8 Å². The minimum Gasteiger partial charge on any atom is -0.481 e. The van der Waals surface area contributed by atoms with E-state index >= 15 is 0 Å². The van der Waals surface area contributed by atoms with Gasteiger partial charge in [0.25, 0.3) is 0 Å². The van der Waals surface area contributed by atoms with Gasteiger partial charge in [0.15, 0.2) is 5.13 Å². The van der Waals surface area contributed by atoms with E-state index < -0.39 is 5.97 Å². The Labute approximate surface area is 128 Å². The molecule has 0 radical (unpaired) electrons. The van der Waals surface area contributed by atoms with Crippen LogP contribution in [0.4, 0.5) is 16.5 Å². The molecule has 2 aromatic rings. The number of hydrogen-bond donors (Lipinski definition) is 2. The van der Waals surface area contributed by atoms with E-state index in [9.17, 15) is 4.79 Å². The maximum absolute atomic E-state index is 10.6. The molecule has 0 unspecified atom stereocenters. The second-order valence-corrected chi connectivity index (χ2v) is 6.07. The van der Waals surface area contributed by atoms with Crippen molar-refractivity contribution in [1.29, 1.82) is 0 Å². The molecule has 6 heteroatoms. The number of thiazole rings is 1. The number of carboxylic acids is 1. The van der Waals surface area contributed by atoms with E-state index in [1.807, 2.05) is 50.2 Å². The number of aryl methyl sites for hydroxylation is 2. The average molecular weight is 305 g/mol. The summed E-state index contributed by atoms with van der Waals surface area (Å²) >= 11 is 1.51. The van der Waals surface area contributed by atoms with Gasteiger partial charge in [-0.25, -0.2) is 4.98 Å². The fourth-order valence-electron chi connectivity index (χ4n) is 1.90. The van der Waals surface area contributed by atoms with E-state index in [1.165, 1.54) is 11.3 Å². The molecule has 0 aliphatic heterocycles. The summed E-state index contributed by atoms with van der Waals surface area (Å²) in [5.74, 6) is -0.781. The Hall–Kier alpha value is -2.08. The van der Waals surface area contributed by atoms with Gasteiger partial charge in [-0.1, -0.05) is 0 Å². The summed E-state index contributed by atoms with van der Waals surface area (Å²) in [6.45, 7) is 1.91. The Morgan fingerprint density at radius 1 is 1.33 bits per heavy atom. The Bertz CT molecular complexity index is 620. The highest BCUT2D eigenvalue weighted by atomic mass is 32.1. The van der Waals surface area contributed by atoms with Crippen LogP contribution < -0.4 is 10.2 Å². The predicted octanol–water partition coefficient (Wildman–Crippen LogP) is 3.28. The third-order valence-corrected chi connectivity index (χ3v) is 4.23. The molecule has 5 nitrogen and oxygen atoms in total. The van der Waals surface area contributed by atoms with E-state index in [-0.39, 0.29) is 6.42 Å². The van der Waals surface area contributed by atoms with Gasteiger partial charge in [-0.2, -0.15) is 0 Å². The van der Waals surface area contributed by atoms with Gasteiger partial charge in [0, 0.05) is 30.3 Å². The number of aromatic nitrogens is 1. The monoisotopic (exact) mass is 305 g/mol. The van der Waals surface area contributed by atoms with Gasteiger partial charge >= 0.3 is 5.97 Å². The molecule has 1 aromatic carbocycles. The van der Waals surface area contributed by atoms with Crippen molar-refractivity contribution in [3.8, 4) is 0 Å². The van der Waals surface area contributed by atoms with Crippen molar-refractivity contribution >= 4 is 33.8 Å². The molecule has 0 spiro atoms. The third-order valence-electron chi connectivity index (χ3n) is 3.09. The maximum Gasteiger partial charge on any atom is 0.303 e. The minimum atomic E-state index is -0.781. The summed E-state index contributed by atoms with van der Waals surface area (Å²) in [6, 6.07) is 8.08. The minimum absolute atomic E-state index is 0.139. The van der Waals surface area contributed by atoms with E-state index in [2.05, 4.69) is 10.3 Å². The molecule has 1 heterocycles. The van der Waals surface area contributed by atoms with Crippen LogP contribution in [-0.2, 0) is 11.2 Å². The zero-order valence-corrected chi connectivity index (χ0v) is 13.2. The number of hydrogen-bond acceptors (Lipinski definition) is 5. The van der Waals surface area contributed by atoms with Crippen LogP contribution >= 0.6 is 11.3 Å². The van der Waals surface area contributed by atoms with Crippen molar-refractivity contribution in [2.75, 3.05) is 24.3 Å². The molecule has 1 aromatic heterocycles. The van der Waals surface area contributed by atoms with Crippen molar-refractivity contribution in [3.63, 3.8) is 0 Å². The van der Waals surface area contributed by atoms with Crippen LogP contribution in [0.3, 0.4) is 0 Å². The quantitative estimate of drug-likeness (QED) is 0.857. The Morgan fingerprint density at radius 2 is 2.00 bits per heavy atom. The number of anilines is 3. The van der Waals surface area contributed by atoms with Gasteiger partial charge in [0.05, 0.1) is 12.1 Å². The molecule has 0 bridgehead atoms. The van der Waals surface area contributed by atoms with Crippen molar-refractivity contribution in [3.05, 3.63) is 34.8 Å². The first kappa shape index (κ1) is 15.3. The molecule has 0 aliphatic rings. The summed E-state index contributed by atoms with van der Waals surface area (Å²) in [6.07, 6.45) is 0.667. The Morgan fingerprint density at radius 3 is 2.57 bits per heavy atom. The van der Waals surface area contributed by atoms with Crippen LogP contribution in [-0.4, -0.2) is 30.2 Å². The van der Waals surface area contributed by atoms with Crippen LogP contribution in [0.2, 0.25) is 0 Å². The van der Waals surface area contributed by atoms with E-state index in [0.717, 1.165) is 27.1 Å². The van der Waals surface area contributed by atoms with E-state index in [0.29, 0.717) is 6.42 Å². The fourth-order valence-corrected chi connectivity index (χ4v) is 2.88. The van der Waals surface area contributed by atoms with Gasteiger partial charge in [-0.3, -0.25) is 4.79 Å². The van der Waals surface area contributed by atoms with E-state index in [1.54, 1.807) is 0 Å². The van der Waals surface area contributed by atoms with Gasteiger partial charge in [0.1, 0.15) is 0 Å². The molecule has 0 saturated heterocycles. The first-order valence-electron chi connectivity index (χ1n) is 6.68. The van der Waals surface area contributed by atoms with Crippen molar-refractivity contribution in [2.24, 2.45) is 0 Å². The highest BCUT2D eigenvalue weighted by Crippen LogP contribution is 2.27. The molecule has 0 atom stereocenters.